The number of halogens is 1. The highest BCUT2D eigenvalue weighted by molar-refractivity contribution is 14.1. The van der Waals surface area contributed by atoms with Crippen molar-refractivity contribution in [1.82, 2.24) is 9.55 Å². The topological polar surface area (TPSA) is 116 Å². The average molecular weight is 386 g/mol. The van der Waals surface area contributed by atoms with E-state index in [0.29, 0.717) is 3.57 Å². The molecule has 1 aliphatic rings. The van der Waals surface area contributed by atoms with Crippen molar-refractivity contribution in [3.63, 3.8) is 0 Å². The van der Waals surface area contributed by atoms with Crippen LogP contribution in [0.2, 0.25) is 0 Å². The minimum Gasteiger partial charge on any atom is -0.395 e. The quantitative estimate of drug-likeness (QED) is 0.459. The first kappa shape index (κ1) is 14.1. The van der Waals surface area contributed by atoms with Crippen LogP contribution in [0.15, 0.2) is 15.8 Å². The molecule has 0 radical (unpaired) electrons. The van der Waals surface area contributed by atoms with E-state index >= 15 is 0 Å². The molecule has 9 heteroatoms. The number of thioether (sulfide) groups is 1. The molecule has 1 fully saturated rings. The third-order valence-electron chi connectivity index (χ3n) is 2.72. The summed E-state index contributed by atoms with van der Waals surface area (Å²) in [5.74, 6) is 0. The first-order valence-corrected chi connectivity index (χ1v) is 7.11. The Hall–Kier alpha value is -0.360. The first-order valence-electron chi connectivity index (χ1n) is 5.09. The van der Waals surface area contributed by atoms with Crippen LogP contribution in [-0.2, 0) is 0 Å². The Morgan fingerprint density at radius 1 is 1.39 bits per heavy atom. The predicted molar refractivity (Wildman–Crippen MR) is 73.6 cm³/mol. The molecule has 0 unspecified atom stereocenters. The summed E-state index contributed by atoms with van der Waals surface area (Å²) in [6.45, 7) is -0.297. The standard InChI is InChI=1S/C9H11IN2O5S/c10-3-1-12(9(17)11-7(3)16)8-6(15)5(14)4(2-13)18-8/h1,4-6,8,13-15H,2H2,(H,11,16,17)/t4-,5-,6-,8-/m1/s1. The third kappa shape index (κ3) is 2.37. The van der Waals surface area contributed by atoms with Crippen LogP contribution in [0.25, 0.3) is 0 Å². The van der Waals surface area contributed by atoms with E-state index in [1.165, 1.54) is 6.20 Å². The number of rotatable bonds is 2. The molecular formula is C9H11IN2O5S. The Labute approximate surface area is 119 Å². The highest BCUT2D eigenvalue weighted by atomic mass is 127. The van der Waals surface area contributed by atoms with Gasteiger partial charge in [0.1, 0.15) is 11.5 Å². The van der Waals surface area contributed by atoms with Gasteiger partial charge in [-0.3, -0.25) is 14.3 Å². The van der Waals surface area contributed by atoms with Gasteiger partial charge in [0.2, 0.25) is 0 Å². The molecule has 4 atom stereocenters. The lowest BCUT2D eigenvalue weighted by Gasteiger charge is -2.17. The molecular weight excluding hydrogens is 375 g/mol. The molecule has 1 aromatic heterocycles. The van der Waals surface area contributed by atoms with Crippen molar-refractivity contribution in [3.8, 4) is 0 Å². The van der Waals surface area contributed by atoms with Gasteiger partial charge in [-0.05, 0) is 22.6 Å². The fourth-order valence-electron chi connectivity index (χ4n) is 1.76. The fourth-order valence-corrected chi connectivity index (χ4v) is 3.57. The molecule has 0 spiro atoms. The number of aliphatic hydroxyl groups excluding tert-OH is 3. The number of aliphatic hydroxyl groups is 3. The van der Waals surface area contributed by atoms with Gasteiger partial charge in [0.05, 0.1) is 21.5 Å². The van der Waals surface area contributed by atoms with Crippen LogP contribution in [0.1, 0.15) is 5.37 Å². The van der Waals surface area contributed by atoms with Crippen molar-refractivity contribution in [2.24, 2.45) is 0 Å². The SMILES string of the molecule is O=c1[nH]c(=O)n([C@@H]2S[C@H](CO)[C@@H](O)[C@H]2O)cc1I. The maximum absolute atomic E-state index is 11.7. The highest BCUT2D eigenvalue weighted by Gasteiger charge is 2.43. The van der Waals surface area contributed by atoms with E-state index < -0.39 is 34.1 Å². The monoisotopic (exact) mass is 386 g/mol. The summed E-state index contributed by atoms with van der Waals surface area (Å²) >= 11 is 2.87. The van der Waals surface area contributed by atoms with Gasteiger partial charge >= 0.3 is 5.69 Å². The molecule has 0 saturated carbocycles. The Kier molecular flexibility index (Phi) is 4.16. The molecule has 4 N–H and O–H groups in total. The van der Waals surface area contributed by atoms with Crippen LogP contribution in [0.3, 0.4) is 0 Å². The molecule has 7 nitrogen and oxygen atoms in total. The third-order valence-corrected chi connectivity index (χ3v) is 5.05. The molecule has 2 rings (SSSR count). The van der Waals surface area contributed by atoms with Crippen molar-refractivity contribution in [1.29, 1.82) is 0 Å². The van der Waals surface area contributed by atoms with Gasteiger partial charge in [-0.15, -0.1) is 11.8 Å². The number of hydrogen-bond donors (Lipinski definition) is 4. The number of nitrogens with one attached hydrogen (secondary N) is 1. The lowest BCUT2D eigenvalue weighted by molar-refractivity contribution is 0.0101. The Bertz CT molecular complexity index is 559. The van der Waals surface area contributed by atoms with Crippen LogP contribution < -0.4 is 11.2 Å². The van der Waals surface area contributed by atoms with E-state index in [-0.39, 0.29) is 6.61 Å². The van der Waals surface area contributed by atoms with E-state index in [2.05, 4.69) is 4.98 Å². The second kappa shape index (κ2) is 5.33. The highest BCUT2D eigenvalue weighted by Crippen LogP contribution is 2.40. The van der Waals surface area contributed by atoms with E-state index in [1.54, 1.807) is 22.6 Å². The van der Waals surface area contributed by atoms with Crippen molar-refractivity contribution in [3.05, 3.63) is 30.6 Å². The summed E-state index contributed by atoms with van der Waals surface area (Å²) < 4.78 is 1.47. The molecule has 1 aromatic rings. The number of nitrogens with zero attached hydrogens (tertiary/aromatic N) is 1. The van der Waals surface area contributed by atoms with Crippen molar-refractivity contribution in [2.45, 2.75) is 22.8 Å². The van der Waals surface area contributed by atoms with Gasteiger partial charge in [-0.25, -0.2) is 4.79 Å². The summed E-state index contributed by atoms with van der Waals surface area (Å²) in [6, 6.07) is 0. The van der Waals surface area contributed by atoms with Gasteiger partial charge in [-0.1, -0.05) is 0 Å². The maximum Gasteiger partial charge on any atom is 0.329 e. The molecule has 18 heavy (non-hydrogen) atoms. The number of hydrogen-bond acceptors (Lipinski definition) is 6. The van der Waals surface area contributed by atoms with E-state index in [4.69, 9.17) is 5.11 Å². The number of aromatic nitrogens is 2. The summed E-state index contributed by atoms with van der Waals surface area (Å²) in [5.41, 5.74) is -1.14. The molecule has 0 aromatic carbocycles. The van der Waals surface area contributed by atoms with E-state index in [9.17, 15) is 19.8 Å². The Balaban J connectivity index is 2.42. The number of H-pyrrole nitrogens is 1. The predicted octanol–water partition coefficient (Wildman–Crippen LogP) is -1.53. The summed E-state index contributed by atoms with van der Waals surface area (Å²) in [5, 5.41) is 27.3. The van der Waals surface area contributed by atoms with Crippen molar-refractivity contribution < 1.29 is 15.3 Å². The van der Waals surface area contributed by atoms with Crippen LogP contribution >= 0.6 is 34.4 Å². The van der Waals surface area contributed by atoms with Crippen LogP contribution in [-0.4, -0.2) is 48.9 Å². The second-order valence-corrected chi connectivity index (χ2v) is 6.40. The lowest BCUT2D eigenvalue weighted by Crippen LogP contribution is -2.38. The average Bonchev–Trinajstić information content (AvgIpc) is 2.61. The van der Waals surface area contributed by atoms with E-state index in [1.807, 2.05) is 0 Å². The summed E-state index contributed by atoms with van der Waals surface area (Å²) in [4.78, 5) is 25.0. The molecule has 1 saturated heterocycles. The maximum atomic E-state index is 11.7. The van der Waals surface area contributed by atoms with E-state index in [0.717, 1.165) is 16.3 Å². The van der Waals surface area contributed by atoms with Crippen molar-refractivity contribution >= 4 is 34.4 Å². The zero-order valence-electron chi connectivity index (χ0n) is 8.99. The minimum atomic E-state index is -1.17. The van der Waals surface area contributed by atoms with Crippen LogP contribution in [0.5, 0.6) is 0 Å². The Morgan fingerprint density at radius 2 is 2.06 bits per heavy atom. The van der Waals surface area contributed by atoms with Gasteiger partial charge in [-0.2, -0.15) is 0 Å². The normalized spacial score (nSPS) is 31.8. The smallest absolute Gasteiger partial charge is 0.329 e. The lowest BCUT2D eigenvalue weighted by atomic mass is 10.1. The molecule has 2 heterocycles. The molecule has 100 valence electrons. The van der Waals surface area contributed by atoms with Gasteiger partial charge < -0.3 is 15.3 Å². The second-order valence-electron chi connectivity index (χ2n) is 3.87. The van der Waals surface area contributed by atoms with Crippen molar-refractivity contribution in [2.75, 3.05) is 6.61 Å². The van der Waals surface area contributed by atoms with Gasteiger partial charge in [0.15, 0.2) is 0 Å². The van der Waals surface area contributed by atoms with Gasteiger partial charge in [0, 0.05) is 6.20 Å². The van der Waals surface area contributed by atoms with Crippen LogP contribution in [0, 0.1) is 3.57 Å². The zero-order valence-corrected chi connectivity index (χ0v) is 12.0. The number of aromatic amines is 1. The van der Waals surface area contributed by atoms with Crippen LogP contribution in [0.4, 0.5) is 0 Å². The van der Waals surface area contributed by atoms with Gasteiger partial charge in [0.25, 0.3) is 5.56 Å². The molecule has 0 amide bonds. The molecule has 0 aliphatic carbocycles. The fraction of sp³-hybridized carbons (Fsp3) is 0.556. The molecule has 1 aliphatic heterocycles. The Morgan fingerprint density at radius 3 is 2.61 bits per heavy atom. The summed E-state index contributed by atoms with van der Waals surface area (Å²) in [6.07, 6.45) is -0.956. The summed E-state index contributed by atoms with van der Waals surface area (Å²) in [7, 11) is 0. The first-order chi connectivity index (χ1) is 8.45. The minimum absolute atomic E-state index is 0.297. The molecule has 0 bridgehead atoms. The zero-order chi connectivity index (χ0) is 13.4. The largest absolute Gasteiger partial charge is 0.395 e.